The van der Waals surface area contributed by atoms with Crippen molar-refractivity contribution in [2.75, 3.05) is 13.7 Å². The van der Waals surface area contributed by atoms with Crippen LogP contribution in [0.4, 0.5) is 0 Å². The van der Waals surface area contributed by atoms with Crippen molar-refractivity contribution in [3.63, 3.8) is 0 Å². The lowest BCUT2D eigenvalue weighted by Crippen LogP contribution is -2.20. The van der Waals surface area contributed by atoms with Crippen LogP contribution < -0.4 is 10.1 Å². The van der Waals surface area contributed by atoms with E-state index in [9.17, 15) is 9.59 Å². The Bertz CT molecular complexity index is 751. The van der Waals surface area contributed by atoms with Crippen molar-refractivity contribution >= 4 is 18.0 Å². The molecular formula is C20H21NO4. The molecule has 0 saturated heterocycles. The van der Waals surface area contributed by atoms with Crippen LogP contribution in [0.3, 0.4) is 0 Å². The van der Waals surface area contributed by atoms with Gasteiger partial charge in [-0.25, -0.2) is 4.79 Å². The molecule has 2 aromatic carbocycles. The van der Waals surface area contributed by atoms with Crippen LogP contribution in [0.2, 0.25) is 0 Å². The highest BCUT2D eigenvalue weighted by atomic mass is 16.5. The SMILES string of the molecule is CCOc1ccccc1/C=C/C(=O)NCc1ccc(C(=O)OC)cc1. The Kier molecular flexibility index (Phi) is 6.77. The summed E-state index contributed by atoms with van der Waals surface area (Å²) in [4.78, 5) is 23.3. The van der Waals surface area contributed by atoms with Crippen LogP contribution in [0.5, 0.6) is 5.75 Å². The predicted octanol–water partition coefficient (Wildman–Crippen LogP) is 3.20. The molecule has 2 rings (SSSR count). The van der Waals surface area contributed by atoms with Gasteiger partial charge in [0.1, 0.15) is 5.75 Å². The van der Waals surface area contributed by atoms with Crippen molar-refractivity contribution in [3.05, 3.63) is 71.3 Å². The number of hydrogen-bond acceptors (Lipinski definition) is 4. The molecule has 5 nitrogen and oxygen atoms in total. The molecule has 1 N–H and O–H groups in total. The summed E-state index contributed by atoms with van der Waals surface area (Å²) >= 11 is 0. The van der Waals surface area contributed by atoms with Gasteiger partial charge < -0.3 is 14.8 Å². The fourth-order valence-corrected chi connectivity index (χ4v) is 2.20. The van der Waals surface area contributed by atoms with Crippen molar-refractivity contribution in [2.24, 2.45) is 0 Å². The molecule has 0 spiro atoms. The Hall–Kier alpha value is -3.08. The molecular weight excluding hydrogens is 318 g/mol. The lowest BCUT2D eigenvalue weighted by molar-refractivity contribution is -0.116. The maximum Gasteiger partial charge on any atom is 0.337 e. The predicted molar refractivity (Wildman–Crippen MR) is 96.3 cm³/mol. The van der Waals surface area contributed by atoms with Gasteiger partial charge in [-0.3, -0.25) is 4.79 Å². The lowest BCUT2D eigenvalue weighted by atomic mass is 10.1. The second kappa shape index (κ2) is 9.27. The van der Waals surface area contributed by atoms with Crippen molar-refractivity contribution in [1.29, 1.82) is 0 Å². The summed E-state index contributed by atoms with van der Waals surface area (Å²) in [5.74, 6) is 0.155. The van der Waals surface area contributed by atoms with E-state index in [4.69, 9.17) is 4.74 Å². The van der Waals surface area contributed by atoms with Gasteiger partial charge in [0.25, 0.3) is 0 Å². The second-order valence-corrected chi connectivity index (χ2v) is 5.21. The molecule has 2 aromatic rings. The first-order chi connectivity index (χ1) is 12.1. The summed E-state index contributed by atoms with van der Waals surface area (Å²) in [6.45, 7) is 2.86. The number of nitrogens with one attached hydrogen (secondary N) is 1. The monoisotopic (exact) mass is 339 g/mol. The standard InChI is InChI=1S/C20H21NO4/c1-3-25-18-7-5-4-6-16(18)12-13-19(22)21-14-15-8-10-17(11-9-15)20(23)24-2/h4-13H,3,14H2,1-2H3,(H,21,22)/b13-12+. The third kappa shape index (κ3) is 5.49. The van der Waals surface area contributed by atoms with Crippen molar-refractivity contribution in [3.8, 4) is 5.75 Å². The van der Waals surface area contributed by atoms with Crippen molar-refractivity contribution in [1.82, 2.24) is 5.32 Å². The largest absolute Gasteiger partial charge is 0.493 e. The number of hydrogen-bond donors (Lipinski definition) is 1. The molecule has 0 heterocycles. The highest BCUT2D eigenvalue weighted by molar-refractivity contribution is 5.92. The van der Waals surface area contributed by atoms with Gasteiger partial charge in [-0.05, 0) is 36.8 Å². The molecule has 25 heavy (non-hydrogen) atoms. The molecule has 0 aromatic heterocycles. The number of esters is 1. The Morgan fingerprint density at radius 2 is 1.80 bits per heavy atom. The van der Waals surface area contributed by atoms with Crippen LogP contribution in [0.15, 0.2) is 54.6 Å². The molecule has 0 unspecified atom stereocenters. The molecule has 5 heteroatoms. The molecule has 0 radical (unpaired) electrons. The summed E-state index contributed by atoms with van der Waals surface area (Å²) in [5.41, 5.74) is 2.22. The molecule has 0 fully saturated rings. The molecule has 0 aliphatic heterocycles. The fourth-order valence-electron chi connectivity index (χ4n) is 2.20. The lowest BCUT2D eigenvalue weighted by Gasteiger charge is -2.06. The summed E-state index contributed by atoms with van der Waals surface area (Å²) in [7, 11) is 1.34. The summed E-state index contributed by atoms with van der Waals surface area (Å²) < 4.78 is 10.2. The fraction of sp³-hybridized carbons (Fsp3) is 0.200. The van der Waals surface area contributed by atoms with E-state index in [2.05, 4.69) is 10.1 Å². The zero-order valence-electron chi connectivity index (χ0n) is 14.3. The maximum absolute atomic E-state index is 12.0. The normalized spacial score (nSPS) is 10.5. The average molecular weight is 339 g/mol. The highest BCUT2D eigenvalue weighted by Crippen LogP contribution is 2.19. The molecule has 0 saturated carbocycles. The van der Waals surface area contributed by atoms with Crippen molar-refractivity contribution < 1.29 is 19.1 Å². The summed E-state index contributed by atoms with van der Waals surface area (Å²) in [6.07, 6.45) is 3.20. The van der Waals surface area contributed by atoms with Crippen LogP contribution in [0.1, 0.15) is 28.4 Å². The first kappa shape index (κ1) is 18.3. The Balaban J connectivity index is 1.91. The molecule has 130 valence electrons. The van der Waals surface area contributed by atoms with Crippen LogP contribution in [0.25, 0.3) is 6.08 Å². The topological polar surface area (TPSA) is 64.6 Å². The van der Waals surface area contributed by atoms with E-state index in [1.807, 2.05) is 31.2 Å². The van der Waals surface area contributed by atoms with E-state index in [1.54, 1.807) is 30.3 Å². The first-order valence-corrected chi connectivity index (χ1v) is 7.99. The minimum Gasteiger partial charge on any atom is -0.493 e. The number of carbonyl (C=O) groups is 2. The molecule has 1 amide bonds. The highest BCUT2D eigenvalue weighted by Gasteiger charge is 2.05. The summed E-state index contributed by atoms with van der Waals surface area (Å²) in [5, 5.41) is 2.80. The van der Waals surface area contributed by atoms with Gasteiger partial charge in [-0.1, -0.05) is 30.3 Å². The van der Waals surface area contributed by atoms with Gasteiger partial charge >= 0.3 is 5.97 Å². The average Bonchev–Trinajstić information content (AvgIpc) is 2.65. The van der Waals surface area contributed by atoms with E-state index in [0.717, 1.165) is 16.9 Å². The minimum absolute atomic E-state index is 0.205. The van der Waals surface area contributed by atoms with Crippen LogP contribution in [-0.4, -0.2) is 25.6 Å². The zero-order valence-corrected chi connectivity index (χ0v) is 14.3. The van der Waals surface area contributed by atoms with Gasteiger partial charge in [-0.2, -0.15) is 0 Å². The van der Waals surface area contributed by atoms with Gasteiger partial charge in [0.05, 0.1) is 19.3 Å². The number of rotatable bonds is 7. The van der Waals surface area contributed by atoms with Gasteiger partial charge in [0.15, 0.2) is 0 Å². The molecule has 0 aliphatic carbocycles. The van der Waals surface area contributed by atoms with E-state index in [0.29, 0.717) is 18.7 Å². The van der Waals surface area contributed by atoms with Crippen LogP contribution in [0, 0.1) is 0 Å². The third-order valence-corrected chi connectivity index (χ3v) is 3.47. The Morgan fingerprint density at radius 3 is 2.48 bits per heavy atom. The van der Waals surface area contributed by atoms with E-state index < -0.39 is 0 Å². The first-order valence-electron chi connectivity index (χ1n) is 7.99. The summed E-state index contributed by atoms with van der Waals surface area (Å²) in [6, 6.07) is 14.4. The zero-order chi connectivity index (χ0) is 18.1. The molecule has 0 atom stereocenters. The van der Waals surface area contributed by atoms with Gasteiger partial charge in [0.2, 0.25) is 5.91 Å². The second-order valence-electron chi connectivity index (χ2n) is 5.21. The van der Waals surface area contributed by atoms with E-state index in [-0.39, 0.29) is 11.9 Å². The van der Waals surface area contributed by atoms with Gasteiger partial charge in [0, 0.05) is 18.2 Å². The number of amides is 1. The Labute approximate surface area is 147 Å². The quantitative estimate of drug-likeness (QED) is 0.621. The van der Waals surface area contributed by atoms with Crippen molar-refractivity contribution in [2.45, 2.75) is 13.5 Å². The van der Waals surface area contributed by atoms with E-state index in [1.165, 1.54) is 13.2 Å². The maximum atomic E-state index is 12.0. The number of methoxy groups -OCH3 is 1. The Morgan fingerprint density at radius 1 is 1.08 bits per heavy atom. The third-order valence-electron chi connectivity index (χ3n) is 3.47. The van der Waals surface area contributed by atoms with Gasteiger partial charge in [-0.15, -0.1) is 0 Å². The van der Waals surface area contributed by atoms with E-state index >= 15 is 0 Å². The molecule has 0 bridgehead atoms. The number of benzene rings is 2. The molecule has 0 aliphatic rings. The number of carbonyl (C=O) groups excluding carboxylic acids is 2. The van der Waals surface area contributed by atoms with Crippen LogP contribution in [-0.2, 0) is 16.1 Å². The number of para-hydroxylation sites is 1. The number of ether oxygens (including phenoxy) is 2. The smallest absolute Gasteiger partial charge is 0.337 e. The minimum atomic E-state index is -0.383. The van der Waals surface area contributed by atoms with Crippen LogP contribution >= 0.6 is 0 Å².